The van der Waals surface area contributed by atoms with Gasteiger partial charge >= 0.3 is 6.18 Å². The zero-order valence-corrected chi connectivity index (χ0v) is 19.7. The van der Waals surface area contributed by atoms with Gasteiger partial charge in [0.2, 0.25) is 0 Å². The highest BCUT2D eigenvalue weighted by atomic mass is 35.5. The monoisotopic (exact) mass is 543 g/mol. The molecule has 35 heavy (non-hydrogen) atoms. The van der Waals surface area contributed by atoms with Crippen LogP contribution >= 0.6 is 23.2 Å². The summed E-state index contributed by atoms with van der Waals surface area (Å²) in [4.78, 5) is 16.1. The smallest absolute Gasteiger partial charge is 0.305 e. The van der Waals surface area contributed by atoms with E-state index in [9.17, 15) is 26.4 Å². The largest absolute Gasteiger partial charge is 0.416 e. The number of aromatic nitrogens is 4. The van der Waals surface area contributed by atoms with Crippen LogP contribution in [0, 0.1) is 0 Å². The number of imidazole rings is 1. The van der Waals surface area contributed by atoms with Gasteiger partial charge in [0, 0.05) is 29.3 Å². The molecule has 0 aliphatic rings. The van der Waals surface area contributed by atoms with E-state index in [1.54, 1.807) is 29.2 Å². The minimum atomic E-state index is -4.64. The first kappa shape index (κ1) is 24.8. The summed E-state index contributed by atoms with van der Waals surface area (Å²) >= 11 is 11.9. The average molecular weight is 544 g/mol. The van der Waals surface area contributed by atoms with E-state index < -0.39 is 27.7 Å². The van der Waals surface area contributed by atoms with Crippen LogP contribution in [-0.2, 0) is 22.7 Å². The molecule has 14 heteroatoms. The van der Waals surface area contributed by atoms with Gasteiger partial charge in [0.1, 0.15) is 16.9 Å². The molecule has 8 nitrogen and oxygen atoms in total. The highest BCUT2D eigenvalue weighted by Gasteiger charge is 2.31. The standard InChI is InChI=1S/C21H14Cl2F3N5O3S/c22-15-7-14(21(24,25)26)8-16(9-15)30-11-18(27-12-30)20(32)29-35(33,34)19-6-13(2-3-17(19)23)10-31-5-1-4-28-31/h1-9,11-12H,10H2,(H,29,32). The molecule has 4 aromatic rings. The molecule has 2 heterocycles. The molecule has 0 aliphatic carbocycles. The van der Waals surface area contributed by atoms with E-state index in [1.165, 1.54) is 18.2 Å². The molecule has 2 aromatic carbocycles. The van der Waals surface area contributed by atoms with Crippen molar-refractivity contribution in [2.45, 2.75) is 17.6 Å². The van der Waals surface area contributed by atoms with Crippen molar-refractivity contribution >= 4 is 39.1 Å². The molecule has 0 aliphatic heterocycles. The van der Waals surface area contributed by atoms with Crippen LogP contribution in [0.15, 0.2) is 72.3 Å². The van der Waals surface area contributed by atoms with Gasteiger partial charge in [0.05, 0.1) is 17.1 Å². The first-order chi connectivity index (χ1) is 16.4. The Morgan fingerprint density at radius 2 is 1.89 bits per heavy atom. The maximum Gasteiger partial charge on any atom is 0.416 e. The number of benzene rings is 2. The van der Waals surface area contributed by atoms with Crippen molar-refractivity contribution in [3.63, 3.8) is 0 Å². The molecule has 0 saturated carbocycles. The summed E-state index contributed by atoms with van der Waals surface area (Å²) in [5.41, 5.74) is -0.803. The van der Waals surface area contributed by atoms with Crippen LogP contribution in [0.25, 0.3) is 5.69 Å². The highest BCUT2D eigenvalue weighted by Crippen LogP contribution is 2.33. The Kier molecular flexibility index (Phi) is 6.62. The lowest BCUT2D eigenvalue weighted by molar-refractivity contribution is -0.137. The van der Waals surface area contributed by atoms with Gasteiger partial charge in [0.25, 0.3) is 15.9 Å². The summed E-state index contributed by atoms with van der Waals surface area (Å²) in [7, 11) is -4.41. The first-order valence-corrected chi connectivity index (χ1v) is 11.9. The van der Waals surface area contributed by atoms with E-state index in [0.717, 1.165) is 29.2 Å². The van der Waals surface area contributed by atoms with Crippen LogP contribution < -0.4 is 4.72 Å². The molecule has 0 unspecified atom stereocenters. The lowest BCUT2D eigenvalue weighted by atomic mass is 10.2. The summed E-state index contributed by atoms with van der Waals surface area (Å²) < 4.78 is 69.5. The van der Waals surface area contributed by atoms with Crippen LogP contribution in [0.4, 0.5) is 13.2 Å². The predicted octanol–water partition coefficient (Wildman–Crippen LogP) is 4.56. The predicted molar refractivity (Wildman–Crippen MR) is 121 cm³/mol. The summed E-state index contributed by atoms with van der Waals surface area (Å²) in [6.45, 7) is 0.268. The molecule has 1 amide bonds. The minimum absolute atomic E-state index is 0.0198. The lowest BCUT2D eigenvalue weighted by Crippen LogP contribution is -2.31. The van der Waals surface area contributed by atoms with Crippen LogP contribution in [0.1, 0.15) is 21.6 Å². The normalized spacial score (nSPS) is 12.0. The maximum atomic E-state index is 13.1. The Balaban J connectivity index is 1.57. The third-order valence-electron chi connectivity index (χ3n) is 4.74. The topological polar surface area (TPSA) is 98.9 Å². The fourth-order valence-electron chi connectivity index (χ4n) is 3.13. The van der Waals surface area contributed by atoms with E-state index in [1.807, 2.05) is 4.72 Å². The van der Waals surface area contributed by atoms with Crippen molar-refractivity contribution in [2.75, 3.05) is 0 Å². The second-order valence-electron chi connectivity index (χ2n) is 7.27. The number of rotatable bonds is 6. The fourth-order valence-corrected chi connectivity index (χ4v) is 4.87. The van der Waals surface area contributed by atoms with Crippen molar-refractivity contribution in [1.82, 2.24) is 24.1 Å². The first-order valence-electron chi connectivity index (χ1n) is 9.67. The number of halogens is 5. The van der Waals surface area contributed by atoms with Crippen LogP contribution in [0.3, 0.4) is 0 Å². The minimum Gasteiger partial charge on any atom is -0.305 e. The van der Waals surface area contributed by atoms with Crippen LogP contribution in [0.2, 0.25) is 10.0 Å². The van der Waals surface area contributed by atoms with Gasteiger partial charge in [-0.05, 0) is 42.0 Å². The molecule has 2 aromatic heterocycles. The number of alkyl halides is 3. The Morgan fingerprint density at radius 1 is 1.11 bits per heavy atom. The van der Waals surface area contributed by atoms with Crippen molar-refractivity contribution in [1.29, 1.82) is 0 Å². The Morgan fingerprint density at radius 3 is 2.57 bits per heavy atom. The molecule has 182 valence electrons. The number of nitrogens with zero attached hydrogens (tertiary/aromatic N) is 4. The zero-order valence-electron chi connectivity index (χ0n) is 17.4. The molecular weight excluding hydrogens is 530 g/mol. The summed E-state index contributed by atoms with van der Waals surface area (Å²) in [6.07, 6.45) is 0.760. The molecule has 1 N–H and O–H groups in total. The quantitative estimate of drug-likeness (QED) is 0.384. The molecule has 0 atom stereocenters. The van der Waals surface area contributed by atoms with Crippen molar-refractivity contribution in [3.8, 4) is 5.69 Å². The second-order valence-corrected chi connectivity index (χ2v) is 9.76. The lowest BCUT2D eigenvalue weighted by Gasteiger charge is -2.10. The van der Waals surface area contributed by atoms with Crippen LogP contribution in [-0.4, -0.2) is 33.7 Å². The summed E-state index contributed by atoms with van der Waals surface area (Å²) in [6, 6.07) is 8.83. The average Bonchev–Trinajstić information content (AvgIpc) is 3.46. The summed E-state index contributed by atoms with van der Waals surface area (Å²) in [5.74, 6) is -1.10. The van der Waals surface area contributed by atoms with Gasteiger partial charge in [-0.3, -0.25) is 9.48 Å². The van der Waals surface area contributed by atoms with Gasteiger partial charge in [0.15, 0.2) is 0 Å². The van der Waals surface area contributed by atoms with E-state index in [0.29, 0.717) is 5.56 Å². The number of amides is 1. The van der Waals surface area contributed by atoms with E-state index >= 15 is 0 Å². The van der Waals surface area contributed by atoms with Crippen molar-refractivity contribution in [2.24, 2.45) is 0 Å². The van der Waals surface area contributed by atoms with Crippen LogP contribution in [0.5, 0.6) is 0 Å². The van der Waals surface area contributed by atoms with Gasteiger partial charge in [-0.2, -0.15) is 18.3 Å². The third kappa shape index (κ3) is 5.66. The molecule has 0 bridgehead atoms. The number of carbonyl (C=O) groups is 1. The molecule has 0 spiro atoms. The molecule has 0 radical (unpaired) electrons. The fraction of sp³-hybridized carbons (Fsp3) is 0.0952. The van der Waals surface area contributed by atoms with E-state index in [2.05, 4.69) is 10.1 Å². The maximum absolute atomic E-state index is 13.1. The second kappa shape index (κ2) is 9.36. The third-order valence-corrected chi connectivity index (χ3v) is 6.77. The van der Waals surface area contributed by atoms with Crippen molar-refractivity contribution in [3.05, 3.63) is 94.2 Å². The Bertz CT molecular complexity index is 1500. The SMILES string of the molecule is O=C(NS(=O)(=O)c1cc(Cn2cccn2)ccc1Cl)c1cn(-c2cc(Cl)cc(C(F)(F)F)c2)cn1. The number of carbonyl (C=O) groups excluding carboxylic acids is 1. The Hall–Kier alpha value is -3.35. The molecule has 0 saturated heterocycles. The highest BCUT2D eigenvalue weighted by molar-refractivity contribution is 7.90. The Labute approximate surface area is 207 Å². The molecular formula is C21H14Cl2F3N5O3S. The summed E-state index contributed by atoms with van der Waals surface area (Å²) in [5, 5.41) is 3.76. The van der Waals surface area contributed by atoms with Gasteiger partial charge in [-0.15, -0.1) is 0 Å². The van der Waals surface area contributed by atoms with E-state index in [4.69, 9.17) is 23.2 Å². The van der Waals surface area contributed by atoms with Crippen molar-refractivity contribution < 1.29 is 26.4 Å². The van der Waals surface area contributed by atoms with Gasteiger partial charge in [-0.1, -0.05) is 29.3 Å². The van der Waals surface area contributed by atoms with Gasteiger partial charge < -0.3 is 4.57 Å². The molecule has 4 rings (SSSR count). The number of hydrogen-bond donors (Lipinski definition) is 1. The number of hydrogen-bond acceptors (Lipinski definition) is 5. The molecule has 0 fully saturated rings. The number of nitrogens with one attached hydrogen (secondary N) is 1. The van der Waals surface area contributed by atoms with Gasteiger partial charge in [-0.25, -0.2) is 18.1 Å². The zero-order chi connectivity index (χ0) is 25.4. The number of sulfonamides is 1. The van der Waals surface area contributed by atoms with E-state index in [-0.39, 0.29) is 32.9 Å².